The van der Waals surface area contributed by atoms with Crippen LogP contribution in [-0.2, 0) is 16.1 Å². The van der Waals surface area contributed by atoms with Crippen molar-refractivity contribution in [3.05, 3.63) is 82.9 Å². The lowest BCUT2D eigenvalue weighted by molar-refractivity contribution is -0.145. The molecule has 5 nitrogen and oxygen atoms in total. The van der Waals surface area contributed by atoms with Crippen molar-refractivity contribution in [1.29, 1.82) is 0 Å². The molecule has 27 heavy (non-hydrogen) atoms. The summed E-state index contributed by atoms with van der Waals surface area (Å²) in [4.78, 5) is 23.7. The molecule has 1 atom stereocenters. The van der Waals surface area contributed by atoms with Gasteiger partial charge in [-0.3, -0.25) is 4.79 Å². The SMILES string of the molecule is NC(=O)N[C@H](CC(=O)OCc1cccc2ccccc12)c1ccccc1Cl. The number of halogens is 1. The van der Waals surface area contributed by atoms with E-state index in [1.165, 1.54) is 0 Å². The van der Waals surface area contributed by atoms with E-state index in [1.54, 1.807) is 24.3 Å². The van der Waals surface area contributed by atoms with Crippen LogP contribution in [0.4, 0.5) is 4.79 Å². The normalized spacial score (nSPS) is 11.7. The van der Waals surface area contributed by atoms with Gasteiger partial charge < -0.3 is 15.8 Å². The number of benzene rings is 3. The quantitative estimate of drug-likeness (QED) is 0.622. The number of nitrogens with one attached hydrogen (secondary N) is 1. The van der Waals surface area contributed by atoms with Gasteiger partial charge in [0, 0.05) is 5.02 Å². The van der Waals surface area contributed by atoms with Crippen LogP contribution in [0.2, 0.25) is 5.02 Å². The maximum Gasteiger partial charge on any atom is 0.312 e. The van der Waals surface area contributed by atoms with Gasteiger partial charge in [-0.15, -0.1) is 0 Å². The number of urea groups is 1. The van der Waals surface area contributed by atoms with Crippen molar-refractivity contribution in [2.45, 2.75) is 19.1 Å². The smallest absolute Gasteiger partial charge is 0.312 e. The molecule has 0 bridgehead atoms. The van der Waals surface area contributed by atoms with Crippen LogP contribution in [0.3, 0.4) is 0 Å². The molecular weight excluding hydrogens is 364 g/mol. The van der Waals surface area contributed by atoms with E-state index in [0.717, 1.165) is 16.3 Å². The van der Waals surface area contributed by atoms with E-state index in [-0.39, 0.29) is 13.0 Å². The predicted octanol–water partition coefficient (Wildman–Crippen LogP) is 4.34. The summed E-state index contributed by atoms with van der Waals surface area (Å²) in [7, 11) is 0. The van der Waals surface area contributed by atoms with Gasteiger partial charge in [0.1, 0.15) is 6.61 Å². The Balaban J connectivity index is 1.71. The Morgan fingerprint density at radius 3 is 2.48 bits per heavy atom. The first-order valence-electron chi connectivity index (χ1n) is 8.47. The number of amides is 2. The third kappa shape index (κ3) is 4.77. The second kappa shape index (κ2) is 8.56. The predicted molar refractivity (Wildman–Crippen MR) is 105 cm³/mol. The van der Waals surface area contributed by atoms with Gasteiger partial charge in [0.2, 0.25) is 0 Å². The lowest BCUT2D eigenvalue weighted by Crippen LogP contribution is -2.34. The van der Waals surface area contributed by atoms with E-state index in [2.05, 4.69) is 5.32 Å². The molecule has 3 N–H and O–H groups in total. The zero-order valence-corrected chi connectivity index (χ0v) is 15.3. The molecule has 0 saturated heterocycles. The number of rotatable bonds is 6. The summed E-state index contributed by atoms with van der Waals surface area (Å²) >= 11 is 6.18. The lowest BCUT2D eigenvalue weighted by atomic mass is 10.0. The van der Waals surface area contributed by atoms with Gasteiger partial charge in [-0.05, 0) is 28.0 Å². The Kier molecular flexibility index (Phi) is 5.94. The van der Waals surface area contributed by atoms with Crippen molar-refractivity contribution < 1.29 is 14.3 Å². The van der Waals surface area contributed by atoms with E-state index in [9.17, 15) is 9.59 Å². The average Bonchev–Trinajstić information content (AvgIpc) is 2.66. The van der Waals surface area contributed by atoms with Crippen molar-refractivity contribution in [3.63, 3.8) is 0 Å². The fourth-order valence-corrected chi connectivity index (χ4v) is 3.24. The molecule has 0 aliphatic carbocycles. The molecule has 0 spiro atoms. The highest BCUT2D eigenvalue weighted by molar-refractivity contribution is 6.31. The number of primary amides is 1. The summed E-state index contributed by atoms with van der Waals surface area (Å²) in [6, 6.07) is 19.3. The minimum Gasteiger partial charge on any atom is -0.461 e. The Morgan fingerprint density at radius 1 is 1.00 bits per heavy atom. The van der Waals surface area contributed by atoms with E-state index in [0.29, 0.717) is 10.6 Å². The van der Waals surface area contributed by atoms with Crippen LogP contribution in [0, 0.1) is 0 Å². The van der Waals surface area contributed by atoms with Gasteiger partial charge in [-0.2, -0.15) is 0 Å². The third-order valence-electron chi connectivity index (χ3n) is 4.24. The first-order chi connectivity index (χ1) is 13.0. The summed E-state index contributed by atoms with van der Waals surface area (Å²) < 4.78 is 5.44. The number of hydrogen-bond acceptors (Lipinski definition) is 3. The van der Waals surface area contributed by atoms with E-state index >= 15 is 0 Å². The van der Waals surface area contributed by atoms with Crippen LogP contribution in [-0.4, -0.2) is 12.0 Å². The Bertz CT molecular complexity index is 969. The minimum absolute atomic E-state index is 0.0720. The average molecular weight is 383 g/mol. The summed E-state index contributed by atoms with van der Waals surface area (Å²) in [5, 5.41) is 5.10. The fourth-order valence-electron chi connectivity index (χ4n) is 2.97. The molecule has 0 radical (unpaired) electrons. The summed E-state index contributed by atoms with van der Waals surface area (Å²) in [5.41, 5.74) is 6.77. The summed E-state index contributed by atoms with van der Waals surface area (Å²) in [6.07, 6.45) is -0.0720. The Morgan fingerprint density at radius 2 is 1.70 bits per heavy atom. The number of esters is 1. The van der Waals surface area contributed by atoms with Gasteiger partial charge >= 0.3 is 12.0 Å². The Hall–Kier alpha value is -3.05. The number of fused-ring (bicyclic) bond motifs is 1. The maximum absolute atomic E-state index is 12.4. The van der Waals surface area contributed by atoms with Crippen molar-refractivity contribution in [1.82, 2.24) is 5.32 Å². The zero-order valence-electron chi connectivity index (χ0n) is 14.5. The van der Waals surface area contributed by atoms with Gasteiger partial charge in [-0.1, -0.05) is 72.3 Å². The van der Waals surface area contributed by atoms with Crippen molar-refractivity contribution in [2.75, 3.05) is 0 Å². The first-order valence-corrected chi connectivity index (χ1v) is 8.85. The number of nitrogens with two attached hydrogens (primary N) is 1. The molecule has 3 rings (SSSR count). The molecule has 0 aliphatic rings. The van der Waals surface area contributed by atoms with E-state index in [1.807, 2.05) is 42.5 Å². The largest absolute Gasteiger partial charge is 0.461 e. The molecule has 0 saturated carbocycles. The van der Waals surface area contributed by atoms with Crippen LogP contribution in [0.25, 0.3) is 10.8 Å². The molecule has 0 heterocycles. The van der Waals surface area contributed by atoms with E-state index < -0.39 is 18.0 Å². The molecule has 138 valence electrons. The summed E-state index contributed by atoms with van der Waals surface area (Å²) in [6.45, 7) is 0.145. The van der Waals surface area contributed by atoms with Gasteiger partial charge in [-0.25, -0.2) is 4.79 Å². The van der Waals surface area contributed by atoms with Crippen LogP contribution >= 0.6 is 11.6 Å². The number of carbonyl (C=O) groups excluding carboxylic acids is 2. The van der Waals surface area contributed by atoms with Gasteiger partial charge in [0.15, 0.2) is 0 Å². The fraction of sp³-hybridized carbons (Fsp3) is 0.143. The number of carbonyl (C=O) groups is 2. The minimum atomic E-state index is -0.734. The van der Waals surface area contributed by atoms with Crippen molar-refractivity contribution in [3.8, 4) is 0 Å². The highest BCUT2D eigenvalue weighted by Crippen LogP contribution is 2.26. The second-order valence-corrected chi connectivity index (χ2v) is 6.49. The molecular formula is C21H19ClN2O3. The standard InChI is InChI=1S/C21H19ClN2O3/c22-18-11-4-3-10-17(18)19(24-21(23)26)12-20(25)27-13-15-8-5-7-14-6-1-2-9-16(14)15/h1-11,19H,12-13H2,(H3,23,24,26)/t19-/m1/s1. The monoisotopic (exact) mass is 382 g/mol. The highest BCUT2D eigenvalue weighted by atomic mass is 35.5. The summed E-state index contributed by atoms with van der Waals surface area (Å²) in [5.74, 6) is -0.457. The molecule has 0 aromatic heterocycles. The van der Waals surface area contributed by atoms with Crippen LogP contribution < -0.4 is 11.1 Å². The zero-order chi connectivity index (χ0) is 19.2. The van der Waals surface area contributed by atoms with E-state index in [4.69, 9.17) is 22.1 Å². The lowest BCUT2D eigenvalue weighted by Gasteiger charge is -2.18. The van der Waals surface area contributed by atoms with Crippen LogP contribution in [0.15, 0.2) is 66.7 Å². The molecule has 0 aliphatic heterocycles. The molecule has 0 unspecified atom stereocenters. The van der Waals surface area contributed by atoms with Crippen molar-refractivity contribution in [2.24, 2.45) is 5.73 Å². The van der Waals surface area contributed by atoms with Gasteiger partial charge in [0.25, 0.3) is 0 Å². The second-order valence-electron chi connectivity index (χ2n) is 6.09. The maximum atomic E-state index is 12.4. The molecule has 6 heteroatoms. The van der Waals surface area contributed by atoms with Crippen LogP contribution in [0.1, 0.15) is 23.6 Å². The molecule has 2 amide bonds. The topological polar surface area (TPSA) is 81.4 Å². The Labute approximate surface area is 162 Å². The van der Waals surface area contributed by atoms with Crippen LogP contribution in [0.5, 0.6) is 0 Å². The van der Waals surface area contributed by atoms with Gasteiger partial charge in [0.05, 0.1) is 12.5 Å². The molecule has 0 fully saturated rings. The first kappa shape index (κ1) is 18.7. The third-order valence-corrected chi connectivity index (χ3v) is 4.58. The molecule has 3 aromatic carbocycles. The van der Waals surface area contributed by atoms with Crippen molar-refractivity contribution >= 4 is 34.4 Å². The molecule has 3 aromatic rings. The number of ether oxygens (including phenoxy) is 1. The number of hydrogen-bond donors (Lipinski definition) is 2. The highest BCUT2D eigenvalue weighted by Gasteiger charge is 2.20.